The van der Waals surface area contributed by atoms with Crippen LogP contribution >= 0.6 is 0 Å². The summed E-state index contributed by atoms with van der Waals surface area (Å²) < 4.78 is 5.60. The summed E-state index contributed by atoms with van der Waals surface area (Å²) in [6.45, 7) is 0.215. The standard InChI is InChI=1S/C17H12B3NO2/c18-11-1-3-14(4-2-11)23-9-21-15-7-12(19)5-10-6-13(20)8-16(22)17(10)15/h1-8,21-22H,9H2. The molecule has 0 heterocycles. The van der Waals surface area contributed by atoms with Crippen molar-refractivity contribution >= 4 is 56.4 Å². The fraction of sp³-hybridized carbons (Fsp3) is 0.0588. The number of aromatic hydroxyl groups is 1. The van der Waals surface area contributed by atoms with Crippen LogP contribution in [0.15, 0.2) is 48.5 Å². The van der Waals surface area contributed by atoms with Gasteiger partial charge in [-0.05, 0) is 29.7 Å². The van der Waals surface area contributed by atoms with Crippen molar-refractivity contribution in [2.75, 3.05) is 12.0 Å². The zero-order valence-corrected chi connectivity index (χ0v) is 12.4. The molecule has 0 saturated heterocycles. The minimum Gasteiger partial charge on any atom is -0.507 e. The number of phenols is 1. The molecule has 0 unspecified atom stereocenters. The summed E-state index contributed by atoms with van der Waals surface area (Å²) in [5.41, 5.74) is 2.39. The van der Waals surface area contributed by atoms with Gasteiger partial charge in [0.05, 0.1) is 0 Å². The predicted molar refractivity (Wildman–Crippen MR) is 97.3 cm³/mol. The van der Waals surface area contributed by atoms with E-state index < -0.39 is 0 Å². The Balaban J connectivity index is 1.83. The predicted octanol–water partition coefficient (Wildman–Crippen LogP) is 0.375. The molecule has 3 aromatic rings. The highest BCUT2D eigenvalue weighted by atomic mass is 16.5. The van der Waals surface area contributed by atoms with E-state index in [4.69, 9.17) is 28.3 Å². The van der Waals surface area contributed by atoms with Crippen molar-refractivity contribution in [3.63, 3.8) is 0 Å². The molecule has 0 saturated carbocycles. The lowest BCUT2D eigenvalue weighted by atomic mass is 9.88. The molecule has 0 amide bonds. The highest BCUT2D eigenvalue weighted by Crippen LogP contribution is 2.29. The van der Waals surface area contributed by atoms with Crippen molar-refractivity contribution in [2.24, 2.45) is 0 Å². The minimum absolute atomic E-state index is 0.0926. The molecule has 3 rings (SSSR count). The first kappa shape index (κ1) is 15.4. The molecular weight excluding hydrogens is 283 g/mol. The second-order valence-electron chi connectivity index (χ2n) is 5.24. The Kier molecular flexibility index (Phi) is 4.24. The summed E-state index contributed by atoms with van der Waals surface area (Å²) >= 11 is 0. The van der Waals surface area contributed by atoms with Gasteiger partial charge in [0.2, 0.25) is 0 Å². The van der Waals surface area contributed by atoms with Crippen molar-refractivity contribution in [3.8, 4) is 11.5 Å². The van der Waals surface area contributed by atoms with Crippen LogP contribution in [0.1, 0.15) is 0 Å². The van der Waals surface area contributed by atoms with Crippen molar-refractivity contribution in [1.82, 2.24) is 0 Å². The number of phenolic OH excluding ortho intramolecular Hbond substituents is 1. The van der Waals surface area contributed by atoms with Gasteiger partial charge in [0.25, 0.3) is 0 Å². The van der Waals surface area contributed by atoms with E-state index in [0.29, 0.717) is 33.2 Å². The Labute approximate surface area is 138 Å². The maximum atomic E-state index is 10.2. The zero-order valence-electron chi connectivity index (χ0n) is 12.4. The normalized spacial score (nSPS) is 10.6. The van der Waals surface area contributed by atoms with Crippen LogP contribution in [-0.2, 0) is 0 Å². The van der Waals surface area contributed by atoms with E-state index in [1.807, 2.05) is 0 Å². The van der Waals surface area contributed by atoms with Gasteiger partial charge < -0.3 is 15.2 Å². The van der Waals surface area contributed by atoms with Gasteiger partial charge in [-0.2, -0.15) is 0 Å². The number of hydrogen-bond donors (Lipinski definition) is 2. The van der Waals surface area contributed by atoms with Gasteiger partial charge in [-0.15, -0.1) is 0 Å². The second kappa shape index (κ2) is 6.33. The largest absolute Gasteiger partial charge is 0.507 e. The summed E-state index contributed by atoms with van der Waals surface area (Å²) in [5.74, 6) is 0.781. The van der Waals surface area contributed by atoms with Gasteiger partial charge in [0.1, 0.15) is 35.0 Å². The topological polar surface area (TPSA) is 41.5 Å². The van der Waals surface area contributed by atoms with Gasteiger partial charge in [0, 0.05) is 11.1 Å². The number of ether oxygens (including phenoxy) is 1. The number of nitrogens with one attached hydrogen (secondary N) is 1. The van der Waals surface area contributed by atoms with Crippen molar-refractivity contribution in [2.45, 2.75) is 0 Å². The van der Waals surface area contributed by atoms with E-state index in [2.05, 4.69) is 5.32 Å². The van der Waals surface area contributed by atoms with E-state index in [1.54, 1.807) is 42.5 Å². The third kappa shape index (κ3) is 3.47. The molecule has 0 aromatic heterocycles. The van der Waals surface area contributed by atoms with Crippen LogP contribution in [0.4, 0.5) is 5.69 Å². The van der Waals surface area contributed by atoms with Crippen LogP contribution in [0.25, 0.3) is 10.8 Å². The quantitative estimate of drug-likeness (QED) is 0.540. The monoisotopic (exact) mass is 295 g/mol. The van der Waals surface area contributed by atoms with E-state index in [1.165, 1.54) is 6.07 Å². The second-order valence-corrected chi connectivity index (χ2v) is 5.24. The lowest BCUT2D eigenvalue weighted by Crippen LogP contribution is -2.13. The molecule has 23 heavy (non-hydrogen) atoms. The fourth-order valence-electron chi connectivity index (χ4n) is 2.44. The average Bonchev–Trinajstić information content (AvgIpc) is 2.48. The molecular formula is C17H12B3NO2. The van der Waals surface area contributed by atoms with Crippen molar-refractivity contribution < 1.29 is 9.84 Å². The lowest BCUT2D eigenvalue weighted by Gasteiger charge is -2.14. The molecule has 0 atom stereocenters. The Morgan fingerprint density at radius 3 is 2.22 bits per heavy atom. The number of anilines is 1. The highest BCUT2D eigenvalue weighted by molar-refractivity contribution is 6.36. The van der Waals surface area contributed by atoms with E-state index in [-0.39, 0.29) is 12.5 Å². The molecule has 2 N–H and O–H groups in total. The fourth-order valence-corrected chi connectivity index (χ4v) is 2.44. The smallest absolute Gasteiger partial charge is 0.159 e. The third-order valence-electron chi connectivity index (χ3n) is 3.45. The third-order valence-corrected chi connectivity index (χ3v) is 3.45. The summed E-state index contributed by atoms with van der Waals surface area (Å²) in [4.78, 5) is 0. The molecule has 0 aliphatic carbocycles. The molecule has 0 bridgehead atoms. The van der Waals surface area contributed by atoms with Gasteiger partial charge in [-0.3, -0.25) is 0 Å². The van der Waals surface area contributed by atoms with E-state index in [0.717, 1.165) is 5.39 Å². The molecule has 0 aliphatic rings. The van der Waals surface area contributed by atoms with Gasteiger partial charge in [-0.1, -0.05) is 40.7 Å². The first-order valence-electron chi connectivity index (χ1n) is 7.07. The summed E-state index contributed by atoms with van der Waals surface area (Å²) in [7, 11) is 17.3. The molecule has 106 valence electrons. The molecule has 0 aliphatic heterocycles. The molecule has 6 heteroatoms. The maximum Gasteiger partial charge on any atom is 0.159 e. The maximum absolute atomic E-state index is 10.2. The minimum atomic E-state index is 0.0926. The first-order valence-corrected chi connectivity index (χ1v) is 7.07. The van der Waals surface area contributed by atoms with Gasteiger partial charge in [0.15, 0.2) is 6.73 Å². The van der Waals surface area contributed by atoms with Crippen molar-refractivity contribution in [3.05, 3.63) is 48.5 Å². The molecule has 0 fully saturated rings. The number of hydrogen-bond acceptors (Lipinski definition) is 3. The molecule has 3 nitrogen and oxygen atoms in total. The van der Waals surface area contributed by atoms with Crippen LogP contribution < -0.4 is 26.4 Å². The lowest BCUT2D eigenvalue weighted by molar-refractivity contribution is 0.347. The van der Waals surface area contributed by atoms with Gasteiger partial charge >= 0.3 is 0 Å². The van der Waals surface area contributed by atoms with Crippen molar-refractivity contribution in [1.29, 1.82) is 0 Å². The van der Waals surface area contributed by atoms with Crippen LogP contribution in [0, 0.1) is 0 Å². The van der Waals surface area contributed by atoms with Crippen LogP contribution in [0.3, 0.4) is 0 Å². The number of fused-ring (bicyclic) bond motifs is 1. The zero-order chi connectivity index (χ0) is 16.4. The Morgan fingerprint density at radius 1 is 0.870 bits per heavy atom. The average molecular weight is 295 g/mol. The molecule has 6 radical (unpaired) electrons. The Hall–Kier alpha value is -2.49. The van der Waals surface area contributed by atoms with Gasteiger partial charge in [-0.25, -0.2) is 0 Å². The van der Waals surface area contributed by atoms with Crippen LogP contribution in [0.2, 0.25) is 0 Å². The van der Waals surface area contributed by atoms with E-state index >= 15 is 0 Å². The Bertz CT molecular complexity index is 845. The molecule has 0 spiro atoms. The van der Waals surface area contributed by atoms with E-state index in [9.17, 15) is 5.11 Å². The summed E-state index contributed by atoms with van der Waals surface area (Å²) in [6.07, 6.45) is 0. The SMILES string of the molecule is [B]c1ccc(OCNc2cc([B])cc3cc([B])cc(O)c23)cc1. The number of benzene rings is 3. The first-order chi connectivity index (χ1) is 11.0. The highest BCUT2D eigenvalue weighted by Gasteiger charge is 2.08. The van der Waals surface area contributed by atoms with Crippen LogP contribution in [-0.4, -0.2) is 35.4 Å². The summed E-state index contributed by atoms with van der Waals surface area (Å²) in [6, 6.07) is 13.9. The number of rotatable bonds is 4. The Morgan fingerprint density at radius 2 is 1.52 bits per heavy atom. The molecule has 3 aromatic carbocycles. The summed E-state index contributed by atoms with van der Waals surface area (Å²) in [5, 5.41) is 14.7. The van der Waals surface area contributed by atoms with Crippen LogP contribution in [0.5, 0.6) is 11.5 Å².